The van der Waals surface area contributed by atoms with Crippen LogP contribution in [0.5, 0.6) is 0 Å². The SMILES string of the molecule is CCc1ccc(CNc2cccc(Cl)c2N(C)C)o1. The smallest absolute Gasteiger partial charge is 0.123 e. The molecule has 19 heavy (non-hydrogen) atoms. The molecule has 1 aromatic heterocycles. The van der Waals surface area contributed by atoms with Crippen molar-refractivity contribution in [1.82, 2.24) is 0 Å². The van der Waals surface area contributed by atoms with Crippen molar-refractivity contribution in [2.45, 2.75) is 19.9 Å². The topological polar surface area (TPSA) is 28.4 Å². The molecule has 4 heteroatoms. The first kappa shape index (κ1) is 13.8. The fraction of sp³-hybridized carbons (Fsp3) is 0.333. The molecule has 0 saturated heterocycles. The molecule has 0 aliphatic rings. The van der Waals surface area contributed by atoms with Gasteiger partial charge in [-0.2, -0.15) is 0 Å². The van der Waals surface area contributed by atoms with E-state index in [1.165, 1.54) is 0 Å². The number of halogens is 1. The van der Waals surface area contributed by atoms with E-state index in [0.29, 0.717) is 6.54 Å². The number of benzene rings is 1. The Morgan fingerprint density at radius 3 is 2.53 bits per heavy atom. The summed E-state index contributed by atoms with van der Waals surface area (Å²) in [5.41, 5.74) is 2.00. The molecular formula is C15H19ClN2O. The second-order valence-corrected chi connectivity index (χ2v) is 5.01. The second-order valence-electron chi connectivity index (χ2n) is 4.61. The van der Waals surface area contributed by atoms with Gasteiger partial charge in [0.2, 0.25) is 0 Å². The van der Waals surface area contributed by atoms with Crippen molar-refractivity contribution in [3.63, 3.8) is 0 Å². The molecular weight excluding hydrogens is 260 g/mol. The minimum atomic E-state index is 0.654. The number of nitrogens with one attached hydrogen (secondary N) is 1. The third kappa shape index (κ3) is 3.24. The number of rotatable bonds is 5. The maximum absolute atomic E-state index is 6.23. The number of nitrogens with zero attached hydrogens (tertiary/aromatic N) is 1. The standard InChI is InChI=1S/C15H19ClN2O/c1-4-11-8-9-12(19-11)10-17-14-7-5-6-13(16)15(14)18(2)3/h5-9,17H,4,10H2,1-3H3. The van der Waals surface area contributed by atoms with Crippen molar-refractivity contribution in [2.24, 2.45) is 0 Å². The predicted molar refractivity (Wildman–Crippen MR) is 81.2 cm³/mol. The maximum Gasteiger partial charge on any atom is 0.123 e. The zero-order valence-corrected chi connectivity index (χ0v) is 12.3. The normalized spacial score (nSPS) is 10.5. The van der Waals surface area contributed by atoms with Crippen molar-refractivity contribution in [2.75, 3.05) is 24.3 Å². The Labute approximate surface area is 119 Å². The number of hydrogen-bond donors (Lipinski definition) is 1. The number of anilines is 2. The largest absolute Gasteiger partial charge is 0.464 e. The quantitative estimate of drug-likeness (QED) is 0.890. The van der Waals surface area contributed by atoms with Crippen molar-refractivity contribution >= 4 is 23.0 Å². The maximum atomic E-state index is 6.23. The van der Waals surface area contributed by atoms with Gasteiger partial charge in [-0.25, -0.2) is 0 Å². The molecule has 0 bridgehead atoms. The van der Waals surface area contributed by atoms with E-state index in [9.17, 15) is 0 Å². The highest BCUT2D eigenvalue weighted by Crippen LogP contribution is 2.32. The summed E-state index contributed by atoms with van der Waals surface area (Å²) in [4.78, 5) is 2.00. The summed E-state index contributed by atoms with van der Waals surface area (Å²) in [5.74, 6) is 1.94. The molecule has 0 saturated carbocycles. The highest BCUT2D eigenvalue weighted by atomic mass is 35.5. The van der Waals surface area contributed by atoms with Crippen molar-refractivity contribution in [3.8, 4) is 0 Å². The molecule has 0 aliphatic carbocycles. The third-order valence-electron chi connectivity index (χ3n) is 2.95. The molecule has 102 valence electrons. The lowest BCUT2D eigenvalue weighted by molar-refractivity contribution is 0.476. The van der Waals surface area contributed by atoms with Gasteiger partial charge in [0, 0.05) is 20.5 Å². The summed E-state index contributed by atoms with van der Waals surface area (Å²) >= 11 is 6.23. The van der Waals surface area contributed by atoms with E-state index in [2.05, 4.69) is 12.2 Å². The van der Waals surface area contributed by atoms with Gasteiger partial charge in [0.25, 0.3) is 0 Å². The average molecular weight is 279 g/mol. The molecule has 2 rings (SSSR count). The van der Waals surface area contributed by atoms with Crippen LogP contribution < -0.4 is 10.2 Å². The number of aryl methyl sites for hydroxylation is 1. The first-order chi connectivity index (χ1) is 9.11. The Bertz CT molecular complexity index is 549. The van der Waals surface area contributed by atoms with Crippen LogP contribution in [0.15, 0.2) is 34.7 Å². The van der Waals surface area contributed by atoms with Gasteiger partial charge in [0.1, 0.15) is 11.5 Å². The first-order valence-corrected chi connectivity index (χ1v) is 6.77. The lowest BCUT2D eigenvalue weighted by atomic mass is 10.2. The predicted octanol–water partition coefficient (Wildman–Crippen LogP) is 4.17. The van der Waals surface area contributed by atoms with Crippen LogP contribution >= 0.6 is 11.6 Å². The van der Waals surface area contributed by atoms with Crippen LogP contribution in [0.3, 0.4) is 0 Å². The van der Waals surface area contributed by atoms with E-state index in [1.807, 2.05) is 49.3 Å². The Kier molecular flexibility index (Phi) is 4.38. The Hall–Kier alpha value is -1.61. The van der Waals surface area contributed by atoms with Crippen LogP contribution in [0.4, 0.5) is 11.4 Å². The fourth-order valence-electron chi connectivity index (χ4n) is 2.00. The van der Waals surface area contributed by atoms with Gasteiger partial charge in [0.15, 0.2) is 0 Å². The highest BCUT2D eigenvalue weighted by Gasteiger charge is 2.09. The van der Waals surface area contributed by atoms with Crippen LogP contribution in [0, 0.1) is 0 Å². The molecule has 1 heterocycles. The minimum absolute atomic E-state index is 0.654. The lowest BCUT2D eigenvalue weighted by Gasteiger charge is -2.19. The number of hydrogen-bond acceptors (Lipinski definition) is 3. The number of para-hydroxylation sites is 1. The molecule has 1 N–H and O–H groups in total. The zero-order chi connectivity index (χ0) is 13.8. The average Bonchev–Trinajstić information content (AvgIpc) is 2.83. The van der Waals surface area contributed by atoms with E-state index in [1.54, 1.807) is 0 Å². The summed E-state index contributed by atoms with van der Waals surface area (Å²) in [6.07, 6.45) is 0.917. The Morgan fingerprint density at radius 2 is 1.89 bits per heavy atom. The molecule has 3 nitrogen and oxygen atoms in total. The van der Waals surface area contributed by atoms with Crippen molar-refractivity contribution in [3.05, 3.63) is 46.9 Å². The monoisotopic (exact) mass is 278 g/mol. The third-order valence-corrected chi connectivity index (χ3v) is 3.26. The minimum Gasteiger partial charge on any atom is -0.464 e. The molecule has 0 amide bonds. The molecule has 0 radical (unpaired) electrons. The summed E-state index contributed by atoms with van der Waals surface area (Å²) in [7, 11) is 3.96. The van der Waals surface area contributed by atoms with Crippen LogP contribution in [-0.2, 0) is 13.0 Å². The first-order valence-electron chi connectivity index (χ1n) is 6.39. The molecule has 2 aromatic rings. The van der Waals surface area contributed by atoms with E-state index < -0.39 is 0 Å². The van der Waals surface area contributed by atoms with E-state index in [0.717, 1.165) is 34.3 Å². The van der Waals surface area contributed by atoms with Gasteiger partial charge >= 0.3 is 0 Å². The highest BCUT2D eigenvalue weighted by molar-refractivity contribution is 6.34. The van der Waals surface area contributed by atoms with Gasteiger partial charge in [-0.1, -0.05) is 24.6 Å². The van der Waals surface area contributed by atoms with Crippen LogP contribution in [0.25, 0.3) is 0 Å². The van der Waals surface area contributed by atoms with Crippen molar-refractivity contribution < 1.29 is 4.42 Å². The van der Waals surface area contributed by atoms with E-state index >= 15 is 0 Å². The molecule has 0 spiro atoms. The van der Waals surface area contributed by atoms with Crippen molar-refractivity contribution in [1.29, 1.82) is 0 Å². The molecule has 0 fully saturated rings. The summed E-state index contributed by atoms with van der Waals surface area (Å²) in [6, 6.07) is 9.87. The van der Waals surface area contributed by atoms with E-state index in [4.69, 9.17) is 16.0 Å². The molecule has 0 atom stereocenters. The summed E-state index contributed by atoms with van der Waals surface area (Å²) < 4.78 is 5.68. The van der Waals surface area contributed by atoms with Crippen LogP contribution in [0.1, 0.15) is 18.4 Å². The fourth-order valence-corrected chi connectivity index (χ4v) is 2.35. The second kappa shape index (κ2) is 6.02. The molecule has 1 aromatic carbocycles. The molecule has 0 unspecified atom stereocenters. The number of furan rings is 1. The van der Waals surface area contributed by atoms with Crippen LogP contribution in [0.2, 0.25) is 5.02 Å². The van der Waals surface area contributed by atoms with Gasteiger partial charge in [-0.05, 0) is 24.3 Å². The van der Waals surface area contributed by atoms with Gasteiger partial charge in [0.05, 0.1) is 22.9 Å². The zero-order valence-electron chi connectivity index (χ0n) is 11.5. The van der Waals surface area contributed by atoms with Gasteiger partial charge < -0.3 is 14.6 Å². The lowest BCUT2D eigenvalue weighted by Crippen LogP contribution is -2.12. The summed E-state index contributed by atoms with van der Waals surface area (Å²) in [6.45, 7) is 2.73. The molecule has 0 aliphatic heterocycles. The Balaban J connectivity index is 2.13. The van der Waals surface area contributed by atoms with Crippen LogP contribution in [-0.4, -0.2) is 14.1 Å². The Morgan fingerprint density at radius 1 is 1.16 bits per heavy atom. The van der Waals surface area contributed by atoms with Gasteiger partial charge in [-0.3, -0.25) is 0 Å². The van der Waals surface area contributed by atoms with E-state index in [-0.39, 0.29) is 0 Å². The summed E-state index contributed by atoms with van der Waals surface area (Å²) in [5, 5.41) is 4.11. The van der Waals surface area contributed by atoms with Gasteiger partial charge in [-0.15, -0.1) is 0 Å².